The van der Waals surface area contributed by atoms with E-state index in [1.54, 1.807) is 13.8 Å². The van der Waals surface area contributed by atoms with Crippen molar-refractivity contribution >= 4 is 11.4 Å². The van der Waals surface area contributed by atoms with Gasteiger partial charge in [0.2, 0.25) is 6.10 Å². The van der Waals surface area contributed by atoms with Gasteiger partial charge in [0.15, 0.2) is 0 Å². The summed E-state index contributed by atoms with van der Waals surface area (Å²) in [5.74, 6) is 0. The number of hydrogen-bond donors (Lipinski definition) is 1. The van der Waals surface area contributed by atoms with E-state index in [1.165, 1.54) is 0 Å². The molecule has 0 aromatic carbocycles. The molecule has 3 rings (SSSR count). The Morgan fingerprint density at radius 1 is 1.00 bits per heavy atom. The Morgan fingerprint density at radius 2 is 1.67 bits per heavy atom. The Labute approximate surface area is 140 Å². The van der Waals surface area contributed by atoms with Crippen LogP contribution in [-0.4, -0.2) is 16.6 Å². The second kappa shape index (κ2) is 6.62. The molecule has 1 saturated carbocycles. The maximum absolute atomic E-state index is 12.5. The van der Waals surface area contributed by atoms with Crippen LogP contribution in [0.15, 0.2) is 10.3 Å². The molecule has 1 aromatic rings. The molecule has 0 saturated heterocycles. The van der Waals surface area contributed by atoms with Crippen LogP contribution in [0.5, 0.6) is 0 Å². The fraction of sp³-hybridized carbons (Fsp3) is 0.625. The molecule has 0 amide bonds. The van der Waals surface area contributed by atoms with E-state index in [0.29, 0.717) is 59.9 Å². The van der Waals surface area contributed by atoms with Crippen molar-refractivity contribution in [3.05, 3.63) is 33.2 Å². The topological polar surface area (TPSA) is 108 Å². The molecule has 24 heavy (non-hydrogen) atoms. The number of rotatable bonds is 2. The highest BCUT2D eigenvalue weighted by atomic mass is 16.6. The van der Waals surface area contributed by atoms with Gasteiger partial charge in [-0.3, -0.25) is 0 Å². The van der Waals surface area contributed by atoms with Crippen molar-refractivity contribution in [2.75, 3.05) is 0 Å². The van der Waals surface area contributed by atoms with Gasteiger partial charge in [0.05, 0.1) is 0 Å². The first-order chi connectivity index (χ1) is 11.5. The maximum atomic E-state index is 12.5. The Morgan fingerprint density at radius 3 is 2.38 bits per heavy atom. The molecule has 2 aliphatic carbocycles. The fourth-order valence-corrected chi connectivity index (χ4v) is 3.35. The molecule has 2 aliphatic rings. The number of fused-ring (bicyclic) bond motifs is 1. The quantitative estimate of drug-likeness (QED) is 0.384. The number of hydrogen-bond acceptors (Lipinski definition) is 6. The van der Waals surface area contributed by atoms with Crippen molar-refractivity contribution in [2.24, 2.45) is 10.3 Å². The summed E-state index contributed by atoms with van der Waals surface area (Å²) in [6.07, 6.45) is 4.66. The lowest BCUT2D eigenvalue weighted by molar-refractivity contribution is -0.689. The van der Waals surface area contributed by atoms with Gasteiger partial charge in [-0.05, 0) is 38.5 Å². The third kappa shape index (κ3) is 2.76. The molecule has 1 unspecified atom stereocenters. The summed E-state index contributed by atoms with van der Waals surface area (Å²) in [5, 5.41) is 41.4. The monoisotopic (exact) mass is 334 g/mol. The Hall–Kier alpha value is -2.38. The van der Waals surface area contributed by atoms with Gasteiger partial charge in [0.1, 0.15) is 11.4 Å². The van der Waals surface area contributed by atoms with Crippen LogP contribution in [0.3, 0.4) is 0 Å². The van der Waals surface area contributed by atoms with E-state index < -0.39 is 6.10 Å². The summed E-state index contributed by atoms with van der Waals surface area (Å²) in [6.45, 7) is 3.28. The second-order valence-electron chi connectivity index (χ2n) is 6.37. The summed E-state index contributed by atoms with van der Waals surface area (Å²) in [7, 11) is 0. The molecule has 0 aliphatic heterocycles. The zero-order chi connectivity index (χ0) is 17.3. The minimum atomic E-state index is -0.555. The number of nitrogens with zero attached hydrogens (tertiary/aromatic N) is 4. The van der Waals surface area contributed by atoms with Crippen molar-refractivity contribution in [3.63, 3.8) is 0 Å². The van der Waals surface area contributed by atoms with Gasteiger partial charge in [-0.2, -0.15) is 9.46 Å². The second-order valence-corrected chi connectivity index (χ2v) is 6.37. The molecule has 0 spiro atoms. The van der Waals surface area contributed by atoms with Crippen LogP contribution in [0.4, 0.5) is 0 Å². The lowest BCUT2D eigenvalue weighted by Crippen LogP contribution is -2.51. The van der Waals surface area contributed by atoms with Crippen LogP contribution in [0, 0.1) is 24.3 Å². The van der Waals surface area contributed by atoms with Crippen LogP contribution in [-0.2, 0) is 11.3 Å². The zero-order valence-corrected chi connectivity index (χ0v) is 14.0. The first-order valence-corrected chi connectivity index (χ1v) is 8.33. The maximum Gasteiger partial charge on any atom is 0.305 e. The average molecular weight is 334 g/mol. The molecule has 130 valence electrons. The Bertz CT molecular complexity index is 715. The van der Waals surface area contributed by atoms with Crippen LogP contribution in [0.2, 0.25) is 0 Å². The van der Waals surface area contributed by atoms with Gasteiger partial charge in [-0.15, -0.1) is 0 Å². The van der Waals surface area contributed by atoms with Gasteiger partial charge >= 0.3 is 5.69 Å². The molecule has 1 atom stereocenters. The highest BCUT2D eigenvalue weighted by molar-refractivity contribution is 6.42. The highest BCUT2D eigenvalue weighted by Gasteiger charge is 2.39. The first-order valence-electron chi connectivity index (χ1n) is 8.33. The standard InChI is InChI=1S/C16H22N4O4/c1-10-11(2)20(23)16-14(19(10)22)8-5-9-15(16)24-18-13-7-4-3-6-12(13)17-21/h15,21H,3-9H2,1-2H3/b17-12+,18-13+. The minimum Gasteiger partial charge on any atom is -0.618 e. The van der Waals surface area contributed by atoms with E-state index in [1.807, 2.05) is 0 Å². The summed E-state index contributed by atoms with van der Waals surface area (Å²) < 4.78 is 1.63. The molecule has 8 heteroatoms. The van der Waals surface area contributed by atoms with Crippen molar-refractivity contribution in [1.82, 2.24) is 0 Å². The molecule has 1 N–H and O–H groups in total. The number of oxime groups is 2. The Balaban J connectivity index is 1.93. The van der Waals surface area contributed by atoms with E-state index in [2.05, 4.69) is 10.3 Å². The lowest BCUT2D eigenvalue weighted by Gasteiger charge is -2.23. The molecule has 8 nitrogen and oxygen atoms in total. The largest absolute Gasteiger partial charge is 0.618 e. The molecule has 1 heterocycles. The van der Waals surface area contributed by atoms with Crippen molar-refractivity contribution < 1.29 is 19.5 Å². The predicted octanol–water partition coefficient (Wildman–Crippen LogP) is 1.72. The highest BCUT2D eigenvalue weighted by Crippen LogP contribution is 2.29. The van der Waals surface area contributed by atoms with E-state index in [0.717, 1.165) is 28.7 Å². The lowest BCUT2D eigenvalue weighted by atomic mass is 9.96. The van der Waals surface area contributed by atoms with Crippen molar-refractivity contribution in [2.45, 2.75) is 64.9 Å². The summed E-state index contributed by atoms with van der Waals surface area (Å²) >= 11 is 0. The van der Waals surface area contributed by atoms with Crippen molar-refractivity contribution in [3.8, 4) is 0 Å². The molecular weight excluding hydrogens is 312 g/mol. The molecule has 1 fully saturated rings. The van der Waals surface area contributed by atoms with Crippen LogP contribution < -0.4 is 9.46 Å². The summed E-state index contributed by atoms with van der Waals surface area (Å²) in [6, 6.07) is 0. The predicted molar refractivity (Wildman–Crippen MR) is 85.7 cm³/mol. The minimum absolute atomic E-state index is 0.349. The fourth-order valence-electron chi connectivity index (χ4n) is 3.35. The van der Waals surface area contributed by atoms with E-state index in [-0.39, 0.29) is 0 Å². The van der Waals surface area contributed by atoms with Gasteiger partial charge < -0.3 is 20.5 Å². The Kier molecular flexibility index (Phi) is 4.55. The normalized spacial score (nSPS) is 24.2. The third-order valence-corrected chi connectivity index (χ3v) is 4.90. The SMILES string of the molecule is Cc1c(C)[n+]([O-])c2c([n+]1[O-])CCCC2O/N=C1\CCCC\C1=N/O. The zero-order valence-electron chi connectivity index (χ0n) is 14.0. The van der Waals surface area contributed by atoms with Gasteiger partial charge in [-0.25, -0.2) is 0 Å². The molecule has 1 aromatic heterocycles. The van der Waals surface area contributed by atoms with Gasteiger partial charge in [-0.1, -0.05) is 10.3 Å². The van der Waals surface area contributed by atoms with Gasteiger partial charge in [0, 0.05) is 20.3 Å². The van der Waals surface area contributed by atoms with E-state index in [4.69, 9.17) is 10.0 Å². The smallest absolute Gasteiger partial charge is 0.305 e. The third-order valence-electron chi connectivity index (χ3n) is 4.90. The van der Waals surface area contributed by atoms with Crippen molar-refractivity contribution in [1.29, 1.82) is 0 Å². The average Bonchev–Trinajstić information content (AvgIpc) is 2.62. The van der Waals surface area contributed by atoms with Crippen LogP contribution >= 0.6 is 0 Å². The van der Waals surface area contributed by atoms with Crippen LogP contribution in [0.25, 0.3) is 0 Å². The summed E-state index contributed by atoms with van der Waals surface area (Å²) in [4.78, 5) is 5.63. The first kappa shape index (κ1) is 16.5. The van der Waals surface area contributed by atoms with E-state index in [9.17, 15) is 10.4 Å². The summed E-state index contributed by atoms with van der Waals surface area (Å²) in [5.41, 5.74) is 2.75. The van der Waals surface area contributed by atoms with Crippen LogP contribution in [0.1, 0.15) is 67.4 Å². The molecule has 0 radical (unpaired) electrons. The number of aromatic nitrogens is 2. The van der Waals surface area contributed by atoms with E-state index >= 15 is 0 Å². The van der Waals surface area contributed by atoms with Gasteiger partial charge in [0.25, 0.3) is 17.1 Å². The molecular formula is C16H22N4O4. The molecule has 0 bridgehead atoms.